The number of amides is 1. The van der Waals surface area contributed by atoms with Crippen molar-refractivity contribution in [2.45, 2.75) is 0 Å². The first-order chi connectivity index (χ1) is 16.1. The summed E-state index contributed by atoms with van der Waals surface area (Å²) in [7, 11) is 3.41. The number of para-hydroxylation sites is 1. The van der Waals surface area contributed by atoms with Gasteiger partial charge >= 0.3 is 0 Å². The van der Waals surface area contributed by atoms with Crippen LogP contribution in [0.25, 0.3) is 0 Å². The van der Waals surface area contributed by atoms with Crippen LogP contribution in [0, 0.1) is 0 Å². The summed E-state index contributed by atoms with van der Waals surface area (Å²) in [5.74, 6) is 2.64. The topological polar surface area (TPSA) is 81.7 Å². The monoisotopic (exact) mass is 477 g/mol. The van der Waals surface area contributed by atoms with Gasteiger partial charge in [-0.1, -0.05) is 18.2 Å². The molecule has 0 aliphatic carbocycles. The van der Waals surface area contributed by atoms with Gasteiger partial charge < -0.3 is 24.8 Å². The zero-order chi connectivity index (χ0) is 23.0. The fourth-order valence-electron chi connectivity index (χ4n) is 3.04. The zero-order valence-electron chi connectivity index (χ0n) is 18.6. The first-order valence-corrected chi connectivity index (χ1v) is 10.3. The first-order valence-electron chi connectivity index (χ1n) is 10.3. The van der Waals surface area contributed by atoms with Gasteiger partial charge in [0.15, 0.2) is 11.5 Å². The average molecular weight is 478 g/mol. The number of ether oxygens (including phenoxy) is 3. The Morgan fingerprint density at radius 1 is 0.794 bits per heavy atom. The molecule has 1 amide bonds. The Bertz CT molecular complexity index is 1220. The van der Waals surface area contributed by atoms with Crippen LogP contribution in [0.4, 0.5) is 11.4 Å². The number of halogens is 1. The third kappa shape index (κ3) is 6.17. The number of benzene rings is 3. The number of rotatable bonds is 8. The maximum absolute atomic E-state index is 12.6. The van der Waals surface area contributed by atoms with E-state index >= 15 is 0 Å². The molecule has 174 valence electrons. The minimum absolute atomic E-state index is 0. The zero-order valence-corrected chi connectivity index (χ0v) is 19.5. The first kappa shape index (κ1) is 24.4. The fourth-order valence-corrected chi connectivity index (χ4v) is 3.04. The number of aromatic nitrogens is 1. The molecule has 34 heavy (non-hydrogen) atoms. The van der Waals surface area contributed by atoms with Crippen molar-refractivity contribution in [3.8, 4) is 28.9 Å². The smallest absolute Gasteiger partial charge is 0.255 e. The van der Waals surface area contributed by atoms with Crippen molar-refractivity contribution >= 4 is 29.7 Å². The second kappa shape index (κ2) is 11.6. The van der Waals surface area contributed by atoms with Crippen LogP contribution in [0.5, 0.6) is 28.9 Å². The van der Waals surface area contributed by atoms with E-state index in [4.69, 9.17) is 14.2 Å². The van der Waals surface area contributed by atoms with Crippen molar-refractivity contribution in [1.82, 2.24) is 4.98 Å². The molecular formula is C26H24ClN3O4. The Hall–Kier alpha value is -4.23. The molecule has 7 nitrogen and oxygen atoms in total. The molecule has 8 heteroatoms. The molecule has 0 atom stereocenters. The Labute approximate surface area is 204 Å². The van der Waals surface area contributed by atoms with Gasteiger partial charge in [-0.05, 0) is 54.6 Å². The minimum atomic E-state index is -0.249. The van der Waals surface area contributed by atoms with Crippen LogP contribution in [-0.4, -0.2) is 25.0 Å². The number of hydrogen-bond acceptors (Lipinski definition) is 6. The van der Waals surface area contributed by atoms with Crippen molar-refractivity contribution in [3.63, 3.8) is 0 Å². The van der Waals surface area contributed by atoms with Gasteiger partial charge in [0.1, 0.15) is 11.5 Å². The van der Waals surface area contributed by atoms with Gasteiger partial charge in [0.05, 0.1) is 19.0 Å². The molecule has 1 heterocycles. The summed E-state index contributed by atoms with van der Waals surface area (Å²) in [6, 6.07) is 25.3. The summed E-state index contributed by atoms with van der Waals surface area (Å²) in [6.45, 7) is 0. The number of pyridine rings is 1. The lowest BCUT2D eigenvalue weighted by atomic mass is 10.2. The van der Waals surface area contributed by atoms with Crippen LogP contribution >= 0.6 is 12.4 Å². The Balaban J connectivity index is 0.00000324. The van der Waals surface area contributed by atoms with Gasteiger partial charge in [0.2, 0.25) is 5.88 Å². The van der Waals surface area contributed by atoms with Crippen LogP contribution in [0.2, 0.25) is 0 Å². The third-order valence-corrected chi connectivity index (χ3v) is 4.76. The van der Waals surface area contributed by atoms with E-state index in [-0.39, 0.29) is 18.3 Å². The van der Waals surface area contributed by atoms with Gasteiger partial charge in [-0.3, -0.25) is 4.79 Å². The predicted molar refractivity (Wildman–Crippen MR) is 135 cm³/mol. The van der Waals surface area contributed by atoms with Gasteiger partial charge in [0.25, 0.3) is 5.91 Å². The van der Waals surface area contributed by atoms with Crippen molar-refractivity contribution in [3.05, 3.63) is 96.7 Å². The maximum Gasteiger partial charge on any atom is 0.255 e. The SMILES string of the molecule is CNc1ccc(Oc2ccc(NC(=O)c3ccc(Oc4ccccc4)cc3)cn2)c(OC)c1.Cl. The quantitative estimate of drug-likeness (QED) is 0.306. The molecule has 0 unspecified atom stereocenters. The van der Waals surface area contributed by atoms with Crippen molar-refractivity contribution in [2.75, 3.05) is 24.8 Å². The molecule has 1 aromatic heterocycles. The number of nitrogens with zero attached hydrogens (tertiary/aromatic N) is 1. The van der Waals surface area contributed by atoms with Crippen LogP contribution in [-0.2, 0) is 0 Å². The Kier molecular flexibility index (Phi) is 8.32. The van der Waals surface area contributed by atoms with E-state index in [0.29, 0.717) is 34.4 Å². The number of methoxy groups -OCH3 is 1. The highest BCUT2D eigenvalue weighted by atomic mass is 35.5. The second-order valence-corrected chi connectivity index (χ2v) is 7.00. The van der Waals surface area contributed by atoms with E-state index in [1.54, 1.807) is 49.6 Å². The lowest BCUT2D eigenvalue weighted by Crippen LogP contribution is -2.11. The summed E-state index contributed by atoms with van der Waals surface area (Å²) in [6.07, 6.45) is 1.54. The average Bonchev–Trinajstić information content (AvgIpc) is 2.86. The summed E-state index contributed by atoms with van der Waals surface area (Å²) < 4.78 is 16.9. The van der Waals surface area contributed by atoms with E-state index < -0.39 is 0 Å². The van der Waals surface area contributed by atoms with Crippen molar-refractivity contribution in [2.24, 2.45) is 0 Å². The fraction of sp³-hybridized carbons (Fsp3) is 0.0769. The molecule has 2 N–H and O–H groups in total. The predicted octanol–water partition coefficient (Wildman–Crippen LogP) is 6.39. The summed E-state index contributed by atoms with van der Waals surface area (Å²) in [4.78, 5) is 16.8. The van der Waals surface area contributed by atoms with Gasteiger partial charge in [0, 0.05) is 30.4 Å². The Morgan fingerprint density at radius 3 is 2.15 bits per heavy atom. The molecule has 0 bridgehead atoms. The highest BCUT2D eigenvalue weighted by Crippen LogP contribution is 2.33. The minimum Gasteiger partial charge on any atom is -0.493 e. The van der Waals surface area contributed by atoms with E-state index in [2.05, 4.69) is 15.6 Å². The van der Waals surface area contributed by atoms with E-state index in [0.717, 1.165) is 11.4 Å². The molecule has 0 fully saturated rings. The molecule has 0 radical (unpaired) electrons. The number of carbonyl (C=O) groups excluding carboxylic acids is 1. The number of anilines is 2. The summed E-state index contributed by atoms with van der Waals surface area (Å²) >= 11 is 0. The van der Waals surface area contributed by atoms with Crippen LogP contribution in [0.3, 0.4) is 0 Å². The van der Waals surface area contributed by atoms with Crippen molar-refractivity contribution < 1.29 is 19.0 Å². The molecule has 0 saturated heterocycles. The van der Waals surface area contributed by atoms with Crippen LogP contribution < -0.4 is 24.8 Å². The molecular weight excluding hydrogens is 454 g/mol. The molecule has 0 aliphatic heterocycles. The molecule has 3 aromatic carbocycles. The molecule has 0 spiro atoms. The number of carbonyl (C=O) groups is 1. The lowest BCUT2D eigenvalue weighted by molar-refractivity contribution is 0.102. The molecule has 4 rings (SSSR count). The van der Waals surface area contributed by atoms with E-state index in [1.807, 2.05) is 49.5 Å². The van der Waals surface area contributed by atoms with E-state index in [1.165, 1.54) is 6.20 Å². The maximum atomic E-state index is 12.6. The highest BCUT2D eigenvalue weighted by molar-refractivity contribution is 6.04. The van der Waals surface area contributed by atoms with Gasteiger partial charge in [-0.2, -0.15) is 0 Å². The summed E-state index contributed by atoms with van der Waals surface area (Å²) in [5.41, 5.74) is 1.96. The molecule has 0 aliphatic rings. The summed E-state index contributed by atoms with van der Waals surface area (Å²) in [5, 5.41) is 5.87. The number of hydrogen-bond donors (Lipinski definition) is 2. The normalized spacial score (nSPS) is 9.94. The lowest BCUT2D eigenvalue weighted by Gasteiger charge is -2.12. The van der Waals surface area contributed by atoms with Gasteiger partial charge in [-0.15, -0.1) is 12.4 Å². The Morgan fingerprint density at radius 2 is 1.50 bits per heavy atom. The highest BCUT2D eigenvalue weighted by Gasteiger charge is 2.10. The van der Waals surface area contributed by atoms with Crippen molar-refractivity contribution in [1.29, 1.82) is 0 Å². The van der Waals surface area contributed by atoms with Crippen LogP contribution in [0.1, 0.15) is 10.4 Å². The number of nitrogens with one attached hydrogen (secondary N) is 2. The van der Waals surface area contributed by atoms with Crippen LogP contribution in [0.15, 0.2) is 91.1 Å². The third-order valence-electron chi connectivity index (χ3n) is 4.76. The molecule has 0 saturated carbocycles. The standard InChI is InChI=1S/C26H23N3O4.ClH/c1-27-19-10-14-23(24(16-19)31-2)33-25-15-11-20(17-28-25)29-26(30)18-8-12-22(13-9-18)32-21-6-4-3-5-7-21;/h3-17,27H,1-2H3,(H,29,30);1H. The van der Waals surface area contributed by atoms with Gasteiger partial charge in [-0.25, -0.2) is 4.98 Å². The van der Waals surface area contributed by atoms with E-state index in [9.17, 15) is 4.79 Å². The largest absolute Gasteiger partial charge is 0.493 e. The second-order valence-electron chi connectivity index (χ2n) is 7.00. The molecule has 4 aromatic rings.